The lowest BCUT2D eigenvalue weighted by atomic mass is 10.2. The zero-order chi connectivity index (χ0) is 13.4. The number of hydrogen-bond acceptors (Lipinski definition) is 3. The molecular weight excluding hydrogens is 230 g/mol. The first-order valence-corrected chi connectivity index (χ1v) is 6.08. The van der Waals surface area contributed by atoms with Crippen LogP contribution >= 0.6 is 0 Å². The summed E-state index contributed by atoms with van der Waals surface area (Å²) in [5, 5.41) is 0. The SMILES string of the molecule is CCN(CCC(C)=O)C(=O)OCc1ccccc1. The van der Waals surface area contributed by atoms with Crippen molar-refractivity contribution in [3.8, 4) is 0 Å². The van der Waals surface area contributed by atoms with Gasteiger partial charge in [-0.05, 0) is 19.4 Å². The molecule has 0 radical (unpaired) electrons. The van der Waals surface area contributed by atoms with E-state index in [1.54, 1.807) is 0 Å². The van der Waals surface area contributed by atoms with Crippen LogP contribution in [-0.4, -0.2) is 29.9 Å². The van der Waals surface area contributed by atoms with Crippen LogP contribution in [0.4, 0.5) is 4.79 Å². The number of nitrogens with zero attached hydrogens (tertiary/aromatic N) is 1. The lowest BCUT2D eigenvalue weighted by Gasteiger charge is -2.19. The Bertz CT molecular complexity index is 389. The van der Waals surface area contributed by atoms with E-state index in [2.05, 4.69) is 0 Å². The molecule has 0 atom stereocenters. The predicted octanol–water partition coefficient (Wildman–Crippen LogP) is 2.62. The molecule has 0 unspecified atom stereocenters. The standard InChI is InChI=1S/C14H19NO3/c1-3-15(10-9-12(2)16)14(17)18-11-13-7-5-4-6-8-13/h4-8H,3,9-11H2,1-2H3. The van der Waals surface area contributed by atoms with Crippen LogP contribution in [0.1, 0.15) is 25.8 Å². The molecule has 0 fully saturated rings. The predicted molar refractivity (Wildman–Crippen MR) is 69.2 cm³/mol. The number of Topliss-reactive ketones (excluding diaryl/α,β-unsaturated/α-hetero) is 1. The van der Waals surface area contributed by atoms with E-state index in [4.69, 9.17) is 4.74 Å². The molecule has 1 aromatic rings. The Morgan fingerprint density at radius 1 is 1.22 bits per heavy atom. The Labute approximate surface area is 108 Å². The van der Waals surface area contributed by atoms with Crippen molar-refractivity contribution in [3.05, 3.63) is 35.9 Å². The summed E-state index contributed by atoms with van der Waals surface area (Å²) in [5.41, 5.74) is 0.952. The summed E-state index contributed by atoms with van der Waals surface area (Å²) >= 11 is 0. The van der Waals surface area contributed by atoms with Gasteiger partial charge in [0, 0.05) is 19.5 Å². The molecule has 0 aliphatic carbocycles. The van der Waals surface area contributed by atoms with Crippen LogP contribution in [0.15, 0.2) is 30.3 Å². The number of carbonyl (C=O) groups excluding carboxylic acids is 2. The molecule has 1 aromatic carbocycles. The van der Waals surface area contributed by atoms with Gasteiger partial charge in [0.15, 0.2) is 0 Å². The minimum absolute atomic E-state index is 0.0734. The number of ketones is 1. The second-order valence-electron chi connectivity index (χ2n) is 4.07. The van der Waals surface area contributed by atoms with Gasteiger partial charge in [0.2, 0.25) is 0 Å². The Balaban J connectivity index is 2.40. The van der Waals surface area contributed by atoms with E-state index in [-0.39, 0.29) is 18.5 Å². The van der Waals surface area contributed by atoms with Gasteiger partial charge in [-0.1, -0.05) is 30.3 Å². The second kappa shape index (κ2) is 7.48. The van der Waals surface area contributed by atoms with Crippen LogP contribution in [0.3, 0.4) is 0 Å². The van der Waals surface area contributed by atoms with E-state index < -0.39 is 0 Å². The summed E-state index contributed by atoms with van der Waals surface area (Å²) < 4.78 is 5.19. The average Bonchev–Trinajstić information content (AvgIpc) is 2.38. The molecule has 1 rings (SSSR count). The van der Waals surface area contributed by atoms with Crippen LogP contribution in [0.25, 0.3) is 0 Å². The Hall–Kier alpha value is -1.84. The van der Waals surface area contributed by atoms with Gasteiger partial charge in [0.05, 0.1) is 0 Å². The van der Waals surface area contributed by atoms with Crippen molar-refractivity contribution in [3.63, 3.8) is 0 Å². The minimum Gasteiger partial charge on any atom is -0.445 e. The van der Waals surface area contributed by atoms with Gasteiger partial charge in [0.25, 0.3) is 0 Å². The number of amides is 1. The van der Waals surface area contributed by atoms with Crippen LogP contribution in [-0.2, 0) is 16.1 Å². The van der Waals surface area contributed by atoms with Gasteiger partial charge in [-0.2, -0.15) is 0 Å². The number of hydrogen-bond donors (Lipinski definition) is 0. The molecule has 0 saturated heterocycles. The molecule has 0 heterocycles. The third-order valence-electron chi connectivity index (χ3n) is 2.58. The van der Waals surface area contributed by atoms with E-state index in [1.165, 1.54) is 11.8 Å². The Morgan fingerprint density at radius 3 is 2.44 bits per heavy atom. The maximum Gasteiger partial charge on any atom is 0.410 e. The van der Waals surface area contributed by atoms with E-state index in [1.807, 2.05) is 37.3 Å². The molecule has 0 aromatic heterocycles. The van der Waals surface area contributed by atoms with E-state index in [0.29, 0.717) is 19.5 Å². The average molecular weight is 249 g/mol. The maximum absolute atomic E-state index is 11.8. The number of benzene rings is 1. The zero-order valence-electron chi connectivity index (χ0n) is 10.9. The first-order chi connectivity index (χ1) is 8.63. The van der Waals surface area contributed by atoms with Gasteiger partial charge >= 0.3 is 6.09 Å². The molecule has 4 heteroatoms. The number of rotatable bonds is 6. The summed E-state index contributed by atoms with van der Waals surface area (Å²) in [4.78, 5) is 24.2. The highest BCUT2D eigenvalue weighted by molar-refractivity contribution is 5.76. The highest BCUT2D eigenvalue weighted by atomic mass is 16.6. The normalized spacial score (nSPS) is 9.89. The fourth-order valence-corrected chi connectivity index (χ4v) is 1.48. The molecule has 4 nitrogen and oxygen atoms in total. The topological polar surface area (TPSA) is 46.6 Å². The van der Waals surface area contributed by atoms with Gasteiger partial charge in [0.1, 0.15) is 12.4 Å². The van der Waals surface area contributed by atoms with Crippen molar-refractivity contribution in [1.29, 1.82) is 0 Å². The maximum atomic E-state index is 11.8. The van der Waals surface area contributed by atoms with Crippen molar-refractivity contribution in [2.75, 3.05) is 13.1 Å². The summed E-state index contributed by atoms with van der Waals surface area (Å²) in [5.74, 6) is 0.0734. The van der Waals surface area contributed by atoms with E-state index in [9.17, 15) is 9.59 Å². The van der Waals surface area contributed by atoms with Gasteiger partial charge in [-0.15, -0.1) is 0 Å². The molecule has 0 spiro atoms. The van der Waals surface area contributed by atoms with Gasteiger partial charge < -0.3 is 9.64 Å². The molecular formula is C14H19NO3. The molecule has 0 saturated carbocycles. The number of carbonyl (C=O) groups is 2. The first-order valence-electron chi connectivity index (χ1n) is 6.08. The monoisotopic (exact) mass is 249 g/mol. The van der Waals surface area contributed by atoms with Crippen molar-refractivity contribution in [1.82, 2.24) is 4.90 Å². The van der Waals surface area contributed by atoms with Gasteiger partial charge in [-0.25, -0.2) is 4.79 Å². The van der Waals surface area contributed by atoms with Crippen LogP contribution in [0.5, 0.6) is 0 Å². The quantitative estimate of drug-likeness (QED) is 0.778. The number of ether oxygens (including phenoxy) is 1. The molecule has 0 aliphatic rings. The third kappa shape index (κ3) is 4.99. The molecule has 1 amide bonds. The highest BCUT2D eigenvalue weighted by Gasteiger charge is 2.13. The first kappa shape index (κ1) is 14.2. The Kier molecular flexibility index (Phi) is 5.91. The van der Waals surface area contributed by atoms with Crippen LogP contribution in [0, 0.1) is 0 Å². The molecule has 98 valence electrons. The van der Waals surface area contributed by atoms with E-state index in [0.717, 1.165) is 5.56 Å². The third-order valence-corrected chi connectivity index (χ3v) is 2.58. The smallest absolute Gasteiger partial charge is 0.410 e. The molecule has 0 aliphatic heterocycles. The minimum atomic E-state index is -0.373. The highest BCUT2D eigenvalue weighted by Crippen LogP contribution is 2.03. The second-order valence-corrected chi connectivity index (χ2v) is 4.07. The fraction of sp³-hybridized carbons (Fsp3) is 0.429. The lowest BCUT2D eigenvalue weighted by molar-refractivity contribution is -0.117. The fourth-order valence-electron chi connectivity index (χ4n) is 1.48. The molecule has 0 bridgehead atoms. The zero-order valence-corrected chi connectivity index (χ0v) is 10.9. The van der Waals surface area contributed by atoms with Crippen molar-refractivity contribution >= 4 is 11.9 Å². The van der Waals surface area contributed by atoms with Gasteiger partial charge in [-0.3, -0.25) is 4.79 Å². The van der Waals surface area contributed by atoms with Crippen molar-refractivity contribution in [2.24, 2.45) is 0 Å². The van der Waals surface area contributed by atoms with Crippen LogP contribution in [0.2, 0.25) is 0 Å². The van der Waals surface area contributed by atoms with Crippen molar-refractivity contribution in [2.45, 2.75) is 26.9 Å². The summed E-state index contributed by atoms with van der Waals surface area (Å²) in [6.45, 7) is 4.60. The summed E-state index contributed by atoms with van der Waals surface area (Å²) in [6, 6.07) is 9.52. The van der Waals surface area contributed by atoms with Crippen LogP contribution < -0.4 is 0 Å². The molecule has 18 heavy (non-hydrogen) atoms. The lowest BCUT2D eigenvalue weighted by Crippen LogP contribution is -2.33. The van der Waals surface area contributed by atoms with E-state index >= 15 is 0 Å². The summed E-state index contributed by atoms with van der Waals surface area (Å²) in [7, 11) is 0. The van der Waals surface area contributed by atoms with Crippen molar-refractivity contribution < 1.29 is 14.3 Å². The summed E-state index contributed by atoms with van der Waals surface area (Å²) in [6.07, 6.45) is -0.00327. The largest absolute Gasteiger partial charge is 0.445 e. The molecule has 0 N–H and O–H groups in total. The Morgan fingerprint density at radius 2 is 1.89 bits per heavy atom.